The zero-order chi connectivity index (χ0) is 18.4. The van der Waals surface area contributed by atoms with Gasteiger partial charge in [-0.05, 0) is 41.3 Å². The maximum Gasteiger partial charge on any atom is 0.251 e. The van der Waals surface area contributed by atoms with Crippen LogP contribution < -0.4 is 5.32 Å². The van der Waals surface area contributed by atoms with Gasteiger partial charge in [-0.15, -0.1) is 0 Å². The Balaban J connectivity index is 1.65. The van der Waals surface area contributed by atoms with Gasteiger partial charge in [-0.25, -0.2) is 0 Å². The molecule has 1 amide bonds. The van der Waals surface area contributed by atoms with Crippen molar-refractivity contribution in [2.45, 2.75) is 13.0 Å². The third kappa shape index (κ3) is 4.19. The Kier molecular flexibility index (Phi) is 5.82. The van der Waals surface area contributed by atoms with Crippen LogP contribution in [0, 0.1) is 6.92 Å². The lowest BCUT2D eigenvalue weighted by atomic mass is 10.0. The Labute approximate surface area is 154 Å². The summed E-state index contributed by atoms with van der Waals surface area (Å²) < 4.78 is 5.57. The van der Waals surface area contributed by atoms with Crippen LogP contribution in [0.5, 0.6) is 0 Å². The number of amides is 1. The first kappa shape index (κ1) is 17.9. The number of benzene rings is 3. The molecule has 1 N–H and O–H groups in total. The summed E-state index contributed by atoms with van der Waals surface area (Å²) in [6.45, 7) is 2.48. The number of carbonyl (C=O) groups excluding carboxylic acids is 1. The van der Waals surface area contributed by atoms with Gasteiger partial charge in [-0.2, -0.15) is 0 Å². The molecular formula is C23H23NO2. The topological polar surface area (TPSA) is 38.3 Å². The van der Waals surface area contributed by atoms with Crippen molar-refractivity contribution < 1.29 is 9.53 Å². The van der Waals surface area contributed by atoms with Gasteiger partial charge in [0.2, 0.25) is 0 Å². The Hall–Kier alpha value is -2.91. The average Bonchev–Trinajstić information content (AvgIpc) is 2.70. The summed E-state index contributed by atoms with van der Waals surface area (Å²) >= 11 is 0. The molecule has 26 heavy (non-hydrogen) atoms. The summed E-state index contributed by atoms with van der Waals surface area (Å²) in [6.07, 6.45) is -0.163. The van der Waals surface area contributed by atoms with Crippen LogP contribution in [0.15, 0.2) is 78.9 Å². The third-order valence-corrected chi connectivity index (χ3v) is 4.52. The molecule has 3 rings (SSSR count). The van der Waals surface area contributed by atoms with Crippen molar-refractivity contribution in [1.82, 2.24) is 5.32 Å². The number of methoxy groups -OCH3 is 1. The fourth-order valence-corrected chi connectivity index (χ4v) is 3.00. The lowest BCUT2D eigenvalue weighted by Gasteiger charge is -2.18. The van der Waals surface area contributed by atoms with Crippen molar-refractivity contribution in [1.29, 1.82) is 0 Å². The summed E-state index contributed by atoms with van der Waals surface area (Å²) in [7, 11) is 1.66. The normalized spacial score (nSPS) is 11.8. The molecule has 0 aromatic heterocycles. The van der Waals surface area contributed by atoms with E-state index >= 15 is 0 Å². The summed E-state index contributed by atoms with van der Waals surface area (Å²) in [4.78, 5) is 12.5. The van der Waals surface area contributed by atoms with E-state index < -0.39 is 0 Å². The predicted octanol–water partition coefficient (Wildman–Crippen LogP) is 4.78. The summed E-state index contributed by atoms with van der Waals surface area (Å²) in [5.74, 6) is -0.0970. The molecule has 0 aliphatic heterocycles. The highest BCUT2D eigenvalue weighted by Gasteiger charge is 2.14. The SMILES string of the molecule is COC(CNC(=O)c1ccc(-c2ccccc2)cc1)c1ccccc1C. The minimum absolute atomic E-state index is 0.0970. The van der Waals surface area contributed by atoms with Gasteiger partial charge in [-0.1, -0.05) is 66.7 Å². The second-order valence-electron chi connectivity index (χ2n) is 6.23. The van der Waals surface area contributed by atoms with Gasteiger partial charge in [0.05, 0.1) is 6.10 Å². The number of hydrogen-bond acceptors (Lipinski definition) is 2. The molecule has 1 unspecified atom stereocenters. The monoisotopic (exact) mass is 345 g/mol. The van der Waals surface area contributed by atoms with Crippen LogP contribution in [0.1, 0.15) is 27.6 Å². The molecule has 1 atom stereocenters. The molecule has 132 valence electrons. The zero-order valence-corrected chi connectivity index (χ0v) is 15.1. The van der Waals surface area contributed by atoms with Gasteiger partial charge in [0.15, 0.2) is 0 Å². The zero-order valence-electron chi connectivity index (χ0n) is 15.1. The first-order valence-corrected chi connectivity index (χ1v) is 8.71. The van der Waals surface area contributed by atoms with Gasteiger partial charge in [0.25, 0.3) is 5.91 Å². The van der Waals surface area contributed by atoms with Crippen molar-refractivity contribution in [2.75, 3.05) is 13.7 Å². The second kappa shape index (κ2) is 8.45. The molecule has 3 nitrogen and oxygen atoms in total. The van der Waals surface area contributed by atoms with E-state index in [1.165, 1.54) is 0 Å². The van der Waals surface area contributed by atoms with Crippen LogP contribution in [0.4, 0.5) is 0 Å². The first-order chi connectivity index (χ1) is 12.7. The van der Waals surface area contributed by atoms with Gasteiger partial charge >= 0.3 is 0 Å². The molecule has 0 aliphatic carbocycles. The van der Waals surface area contributed by atoms with Gasteiger partial charge < -0.3 is 10.1 Å². The summed E-state index contributed by atoms with van der Waals surface area (Å²) in [5.41, 5.74) is 5.12. The van der Waals surface area contributed by atoms with E-state index in [9.17, 15) is 4.79 Å². The first-order valence-electron chi connectivity index (χ1n) is 8.71. The molecule has 3 aromatic carbocycles. The molecule has 0 bridgehead atoms. The lowest BCUT2D eigenvalue weighted by molar-refractivity contribution is 0.0826. The number of carbonyl (C=O) groups is 1. The van der Waals surface area contributed by atoms with E-state index in [1.807, 2.05) is 73.7 Å². The fourth-order valence-electron chi connectivity index (χ4n) is 3.00. The van der Waals surface area contributed by atoms with E-state index in [4.69, 9.17) is 4.74 Å². The largest absolute Gasteiger partial charge is 0.375 e. The highest BCUT2D eigenvalue weighted by atomic mass is 16.5. The number of nitrogens with one attached hydrogen (secondary N) is 1. The minimum Gasteiger partial charge on any atom is -0.375 e. The molecule has 0 saturated carbocycles. The summed E-state index contributed by atoms with van der Waals surface area (Å²) in [6, 6.07) is 25.8. The standard InChI is InChI=1S/C23H23NO2/c1-17-8-6-7-11-21(17)22(26-2)16-24-23(25)20-14-12-19(13-15-20)18-9-4-3-5-10-18/h3-15,22H,16H2,1-2H3,(H,24,25). The van der Waals surface area contributed by atoms with Crippen molar-refractivity contribution >= 4 is 5.91 Å². The third-order valence-electron chi connectivity index (χ3n) is 4.52. The van der Waals surface area contributed by atoms with Gasteiger partial charge in [0.1, 0.15) is 0 Å². The van der Waals surface area contributed by atoms with Gasteiger partial charge in [0, 0.05) is 19.2 Å². The van der Waals surface area contributed by atoms with Gasteiger partial charge in [-0.3, -0.25) is 4.79 Å². The number of hydrogen-bond donors (Lipinski definition) is 1. The fraction of sp³-hybridized carbons (Fsp3) is 0.174. The average molecular weight is 345 g/mol. The van der Waals surface area contributed by atoms with E-state index in [0.29, 0.717) is 12.1 Å². The highest BCUT2D eigenvalue weighted by Crippen LogP contribution is 2.21. The van der Waals surface area contributed by atoms with E-state index in [-0.39, 0.29) is 12.0 Å². The van der Waals surface area contributed by atoms with Crippen molar-refractivity contribution in [3.63, 3.8) is 0 Å². The quantitative estimate of drug-likeness (QED) is 0.698. The predicted molar refractivity (Wildman–Crippen MR) is 105 cm³/mol. The minimum atomic E-state index is -0.163. The Morgan fingerprint density at radius 3 is 2.15 bits per heavy atom. The van der Waals surface area contributed by atoms with Crippen molar-refractivity contribution in [3.05, 3.63) is 95.6 Å². The number of ether oxygens (including phenoxy) is 1. The van der Waals surface area contributed by atoms with E-state index in [1.54, 1.807) is 7.11 Å². The van der Waals surface area contributed by atoms with Crippen LogP contribution in [-0.2, 0) is 4.74 Å². The maximum atomic E-state index is 12.5. The van der Waals surface area contributed by atoms with Crippen molar-refractivity contribution in [2.24, 2.45) is 0 Å². The molecule has 0 radical (unpaired) electrons. The lowest BCUT2D eigenvalue weighted by Crippen LogP contribution is -2.29. The van der Waals surface area contributed by atoms with E-state index in [0.717, 1.165) is 22.3 Å². The van der Waals surface area contributed by atoms with Crippen LogP contribution in [-0.4, -0.2) is 19.6 Å². The van der Waals surface area contributed by atoms with Crippen LogP contribution in [0.2, 0.25) is 0 Å². The van der Waals surface area contributed by atoms with Crippen LogP contribution in [0.25, 0.3) is 11.1 Å². The number of rotatable bonds is 6. The highest BCUT2D eigenvalue weighted by molar-refractivity contribution is 5.94. The molecule has 0 aliphatic rings. The molecule has 0 heterocycles. The summed E-state index contributed by atoms with van der Waals surface area (Å²) in [5, 5.41) is 2.97. The smallest absolute Gasteiger partial charge is 0.251 e. The molecule has 3 heteroatoms. The van der Waals surface area contributed by atoms with Crippen LogP contribution >= 0.6 is 0 Å². The second-order valence-corrected chi connectivity index (χ2v) is 6.23. The molecule has 0 fully saturated rings. The Morgan fingerprint density at radius 2 is 1.50 bits per heavy atom. The molecule has 0 spiro atoms. The molecular weight excluding hydrogens is 322 g/mol. The molecule has 0 saturated heterocycles. The van der Waals surface area contributed by atoms with E-state index in [2.05, 4.69) is 17.4 Å². The Bertz CT molecular complexity index is 857. The maximum absolute atomic E-state index is 12.5. The Morgan fingerprint density at radius 1 is 0.885 bits per heavy atom. The number of aryl methyl sites for hydroxylation is 1. The molecule has 3 aromatic rings. The van der Waals surface area contributed by atoms with Crippen LogP contribution in [0.3, 0.4) is 0 Å². The van der Waals surface area contributed by atoms with Crippen molar-refractivity contribution in [3.8, 4) is 11.1 Å².